The van der Waals surface area contributed by atoms with Gasteiger partial charge in [0.15, 0.2) is 0 Å². The zero-order valence-electron chi connectivity index (χ0n) is 16.5. The first-order valence-corrected chi connectivity index (χ1v) is 9.58. The molecule has 0 saturated carbocycles. The molecule has 2 amide bonds. The summed E-state index contributed by atoms with van der Waals surface area (Å²) >= 11 is 0. The lowest BCUT2D eigenvalue weighted by Gasteiger charge is -2.37. The Morgan fingerprint density at radius 3 is 2.29 bits per heavy atom. The number of carbonyl (C=O) groups is 3. The minimum atomic E-state index is -0.526. The van der Waals surface area contributed by atoms with Gasteiger partial charge in [0.2, 0.25) is 0 Å². The Labute approximate surface area is 165 Å². The van der Waals surface area contributed by atoms with Crippen LogP contribution in [-0.4, -0.2) is 74.0 Å². The van der Waals surface area contributed by atoms with E-state index in [1.165, 1.54) is 12.0 Å². The van der Waals surface area contributed by atoms with Gasteiger partial charge in [0, 0.05) is 50.5 Å². The van der Waals surface area contributed by atoms with Crippen molar-refractivity contribution < 1.29 is 19.1 Å². The van der Waals surface area contributed by atoms with Gasteiger partial charge in [-0.1, -0.05) is 24.8 Å². The number of amides is 2. The Morgan fingerprint density at radius 2 is 1.64 bits per heavy atom. The Morgan fingerprint density at radius 1 is 1.00 bits per heavy atom. The van der Waals surface area contributed by atoms with Gasteiger partial charge in [-0.05, 0) is 25.0 Å². The van der Waals surface area contributed by atoms with Gasteiger partial charge in [0.1, 0.15) is 0 Å². The van der Waals surface area contributed by atoms with E-state index in [0.29, 0.717) is 39.1 Å². The summed E-state index contributed by atoms with van der Waals surface area (Å²) < 4.78 is 4.74. The molecule has 2 heterocycles. The van der Waals surface area contributed by atoms with Gasteiger partial charge in [0.25, 0.3) is 0 Å². The number of allylic oxidation sites excluding steroid dienone is 1. The highest BCUT2D eigenvalue weighted by Crippen LogP contribution is 2.27. The predicted octanol–water partition coefficient (Wildman–Crippen LogP) is 1.39. The fraction of sp³-hybridized carbons (Fsp3) is 0.476. The van der Waals surface area contributed by atoms with Crippen LogP contribution in [0.4, 0.5) is 5.69 Å². The molecule has 0 aliphatic carbocycles. The Hall–Kier alpha value is -2.83. The van der Waals surface area contributed by atoms with E-state index in [2.05, 4.69) is 17.5 Å². The minimum Gasteiger partial charge on any atom is -0.469 e. The van der Waals surface area contributed by atoms with Gasteiger partial charge in [-0.2, -0.15) is 0 Å². The molecule has 1 aromatic carbocycles. The Kier molecular flexibility index (Phi) is 6.02. The first-order valence-electron chi connectivity index (χ1n) is 9.58. The molecule has 2 aliphatic heterocycles. The third-order valence-electron chi connectivity index (χ3n) is 5.46. The first kappa shape index (κ1) is 19.9. The second-order valence-corrected chi connectivity index (χ2v) is 7.34. The molecule has 28 heavy (non-hydrogen) atoms. The predicted molar refractivity (Wildman–Crippen MR) is 107 cm³/mol. The van der Waals surface area contributed by atoms with Crippen LogP contribution in [0.2, 0.25) is 0 Å². The molecular formula is C21H27N3O4. The van der Waals surface area contributed by atoms with E-state index in [9.17, 15) is 14.4 Å². The van der Waals surface area contributed by atoms with Gasteiger partial charge in [-0.15, -0.1) is 0 Å². The van der Waals surface area contributed by atoms with Crippen LogP contribution in [0, 0.1) is 5.92 Å². The molecular weight excluding hydrogens is 358 g/mol. The third kappa shape index (κ3) is 4.03. The second-order valence-electron chi connectivity index (χ2n) is 7.34. The van der Waals surface area contributed by atoms with Crippen molar-refractivity contribution in [3.8, 4) is 0 Å². The number of hydrogen-bond donors (Lipinski definition) is 0. The zero-order chi connectivity index (χ0) is 20.3. The monoisotopic (exact) mass is 385 g/mol. The summed E-state index contributed by atoms with van der Waals surface area (Å²) in [5.74, 6) is -1.68. The minimum absolute atomic E-state index is 0.253. The molecule has 2 saturated heterocycles. The summed E-state index contributed by atoms with van der Waals surface area (Å²) in [7, 11) is 1.34. The average Bonchev–Trinajstić information content (AvgIpc) is 3.22. The van der Waals surface area contributed by atoms with Crippen LogP contribution in [0.5, 0.6) is 0 Å². The summed E-state index contributed by atoms with van der Waals surface area (Å²) in [6.45, 7) is 8.99. The Balaban J connectivity index is 1.58. The van der Waals surface area contributed by atoms with E-state index < -0.39 is 11.8 Å². The topological polar surface area (TPSA) is 70.2 Å². The zero-order valence-corrected chi connectivity index (χ0v) is 16.5. The number of esters is 1. The summed E-state index contributed by atoms with van der Waals surface area (Å²) in [4.78, 5) is 42.1. The summed E-state index contributed by atoms with van der Waals surface area (Å²) in [5.41, 5.74) is 3.21. The highest BCUT2D eigenvalue weighted by atomic mass is 16.5. The molecule has 1 unspecified atom stereocenters. The molecule has 0 aromatic heterocycles. The van der Waals surface area contributed by atoms with Crippen molar-refractivity contribution in [3.63, 3.8) is 0 Å². The molecule has 150 valence electrons. The van der Waals surface area contributed by atoms with Crippen molar-refractivity contribution in [3.05, 3.63) is 36.4 Å². The van der Waals surface area contributed by atoms with E-state index in [-0.39, 0.29) is 18.4 Å². The van der Waals surface area contributed by atoms with E-state index in [4.69, 9.17) is 4.74 Å². The van der Waals surface area contributed by atoms with Crippen LogP contribution in [0.15, 0.2) is 30.8 Å². The maximum Gasteiger partial charge on any atom is 0.312 e. The first-order chi connectivity index (χ1) is 13.4. The van der Waals surface area contributed by atoms with E-state index in [1.807, 2.05) is 25.1 Å². The smallest absolute Gasteiger partial charge is 0.312 e. The van der Waals surface area contributed by atoms with Crippen molar-refractivity contribution in [2.45, 2.75) is 13.3 Å². The van der Waals surface area contributed by atoms with E-state index in [0.717, 1.165) is 16.8 Å². The summed E-state index contributed by atoms with van der Waals surface area (Å²) in [6, 6.07) is 8.09. The van der Waals surface area contributed by atoms with Crippen molar-refractivity contribution in [2.24, 2.45) is 5.92 Å². The lowest BCUT2D eigenvalue weighted by atomic mass is 10.1. The highest BCUT2D eigenvalue weighted by molar-refractivity contribution is 6.35. The van der Waals surface area contributed by atoms with Crippen LogP contribution in [0.3, 0.4) is 0 Å². The maximum absolute atomic E-state index is 12.6. The average molecular weight is 385 g/mol. The number of likely N-dealkylation sites (tertiary alicyclic amines) is 1. The number of para-hydroxylation sites is 1. The molecule has 0 bridgehead atoms. The molecule has 7 nitrogen and oxygen atoms in total. The molecule has 7 heteroatoms. The van der Waals surface area contributed by atoms with Gasteiger partial charge in [-0.3, -0.25) is 14.4 Å². The van der Waals surface area contributed by atoms with E-state index >= 15 is 0 Å². The number of ether oxygens (including phenoxy) is 1. The lowest BCUT2D eigenvalue weighted by Crippen LogP contribution is -2.53. The second kappa shape index (κ2) is 8.46. The molecule has 2 aliphatic rings. The highest BCUT2D eigenvalue weighted by Gasteiger charge is 2.36. The maximum atomic E-state index is 12.6. The van der Waals surface area contributed by atoms with Gasteiger partial charge >= 0.3 is 17.8 Å². The number of rotatable bonds is 3. The fourth-order valence-electron chi connectivity index (χ4n) is 3.84. The molecule has 1 aromatic rings. The number of nitrogens with zero attached hydrogens (tertiary/aromatic N) is 3. The normalized spacial score (nSPS) is 19.5. The van der Waals surface area contributed by atoms with Crippen LogP contribution < -0.4 is 4.90 Å². The lowest BCUT2D eigenvalue weighted by molar-refractivity contribution is -0.152. The summed E-state index contributed by atoms with van der Waals surface area (Å²) in [6.07, 6.45) is 0.539. The Bertz CT molecular complexity index is 784. The number of anilines is 1. The quantitative estimate of drug-likeness (QED) is 0.581. The van der Waals surface area contributed by atoms with Gasteiger partial charge in [0.05, 0.1) is 13.0 Å². The molecule has 2 fully saturated rings. The molecule has 3 rings (SSSR count). The molecule has 0 N–H and O–H groups in total. The SMILES string of the molecule is C=C(C)c1ccccc1N1CCN(C(=O)C(=O)N2CCC(C(=O)OC)C2)CC1. The van der Waals surface area contributed by atoms with Crippen LogP contribution in [0.1, 0.15) is 18.9 Å². The number of benzene rings is 1. The largest absolute Gasteiger partial charge is 0.469 e. The number of hydrogen-bond acceptors (Lipinski definition) is 5. The van der Waals surface area contributed by atoms with Crippen LogP contribution >= 0.6 is 0 Å². The van der Waals surface area contributed by atoms with Crippen molar-refractivity contribution >= 4 is 29.0 Å². The molecule has 0 spiro atoms. The third-order valence-corrected chi connectivity index (χ3v) is 5.46. The number of methoxy groups -OCH3 is 1. The molecule has 1 atom stereocenters. The van der Waals surface area contributed by atoms with Crippen LogP contribution in [-0.2, 0) is 19.1 Å². The standard InChI is InChI=1S/C21H27N3O4/c1-15(2)17-6-4-5-7-18(17)22-10-12-23(13-11-22)19(25)20(26)24-9-8-16(14-24)21(27)28-3/h4-7,16H,1,8-14H2,2-3H3. The van der Waals surface area contributed by atoms with Crippen molar-refractivity contribution in [1.82, 2.24) is 9.80 Å². The number of piperazine rings is 1. The fourth-order valence-corrected chi connectivity index (χ4v) is 3.84. The number of carbonyl (C=O) groups excluding carboxylic acids is 3. The van der Waals surface area contributed by atoms with E-state index in [1.54, 1.807) is 4.90 Å². The molecule has 0 radical (unpaired) electrons. The van der Waals surface area contributed by atoms with Crippen molar-refractivity contribution in [2.75, 3.05) is 51.3 Å². The summed E-state index contributed by atoms with van der Waals surface area (Å²) in [5, 5.41) is 0. The van der Waals surface area contributed by atoms with Gasteiger partial charge < -0.3 is 19.4 Å². The van der Waals surface area contributed by atoms with Gasteiger partial charge in [-0.25, -0.2) is 0 Å². The van der Waals surface area contributed by atoms with Crippen LogP contribution in [0.25, 0.3) is 5.57 Å². The van der Waals surface area contributed by atoms with Crippen molar-refractivity contribution in [1.29, 1.82) is 0 Å².